The van der Waals surface area contributed by atoms with Gasteiger partial charge in [0.05, 0.1) is 0 Å². The van der Waals surface area contributed by atoms with Crippen LogP contribution in [0.15, 0.2) is 158 Å². The minimum atomic E-state index is -0.749. The quantitative estimate of drug-likeness (QED) is 0.233. The van der Waals surface area contributed by atoms with E-state index in [1.165, 1.54) is 5.39 Å². The van der Waals surface area contributed by atoms with E-state index in [4.69, 9.17) is 4.74 Å². The van der Waals surface area contributed by atoms with Crippen molar-refractivity contribution in [1.29, 1.82) is 0 Å². The van der Waals surface area contributed by atoms with Crippen LogP contribution in [0.2, 0.25) is 0 Å². The number of nitrogens with zero attached hydrogens (tertiary/aromatic N) is 1. The Morgan fingerprint density at radius 1 is 0.462 bits per heavy atom. The van der Waals surface area contributed by atoms with Gasteiger partial charge in [-0.2, -0.15) is 0 Å². The van der Waals surface area contributed by atoms with E-state index in [-0.39, 0.29) is 0 Å². The maximum absolute atomic E-state index is 7.07. The fraction of sp³-hybridized carbons (Fsp3) is 0.0270. The molecule has 2 nitrogen and oxygen atoms in total. The molecule has 0 aliphatic carbocycles. The number of rotatable bonds is 5. The number of hydrogen-bond donors (Lipinski definition) is 0. The van der Waals surface area contributed by atoms with Crippen LogP contribution in [0.5, 0.6) is 5.75 Å². The minimum absolute atomic E-state index is 0.749. The first-order valence-corrected chi connectivity index (χ1v) is 13.3. The van der Waals surface area contributed by atoms with E-state index >= 15 is 0 Å². The predicted octanol–water partition coefficient (Wildman–Crippen LogP) is 9.66. The normalized spacial score (nSPS) is 15.9. The first-order chi connectivity index (χ1) is 19.3. The number of fused-ring (bicyclic) bond motifs is 3. The number of para-hydroxylation sites is 2. The molecule has 0 saturated heterocycles. The van der Waals surface area contributed by atoms with Gasteiger partial charge in [0.25, 0.3) is 0 Å². The third-order valence-corrected chi connectivity index (χ3v) is 7.46. The highest BCUT2D eigenvalue weighted by molar-refractivity contribution is 5.92. The van der Waals surface area contributed by atoms with Gasteiger partial charge in [0.2, 0.25) is 0 Å². The number of hydrogen-bond acceptors (Lipinski definition) is 2. The highest BCUT2D eigenvalue weighted by Gasteiger charge is 2.37. The van der Waals surface area contributed by atoms with Crippen molar-refractivity contribution < 1.29 is 4.74 Å². The summed E-state index contributed by atoms with van der Waals surface area (Å²) in [5.74, 6) is 0.915. The van der Waals surface area contributed by atoms with E-state index in [9.17, 15) is 0 Å². The Kier molecular flexibility index (Phi) is 5.71. The second-order valence-electron chi connectivity index (χ2n) is 9.80. The molecular weight excluding hydrogens is 474 g/mol. The molecule has 186 valence electrons. The van der Waals surface area contributed by atoms with Crippen LogP contribution in [-0.4, -0.2) is 0 Å². The van der Waals surface area contributed by atoms with Gasteiger partial charge in [-0.05, 0) is 47.9 Å². The molecule has 0 N–H and O–H groups in total. The van der Waals surface area contributed by atoms with Crippen molar-refractivity contribution in [2.24, 2.45) is 0 Å². The number of ether oxygens (including phenoxy) is 1. The second kappa shape index (κ2) is 9.66. The smallest absolute Gasteiger partial charge is 0.178 e. The van der Waals surface area contributed by atoms with Gasteiger partial charge in [0.15, 0.2) is 5.60 Å². The molecular formula is C37H27NO. The van der Waals surface area contributed by atoms with E-state index in [0.29, 0.717) is 0 Å². The van der Waals surface area contributed by atoms with Crippen molar-refractivity contribution in [3.8, 4) is 5.75 Å². The van der Waals surface area contributed by atoms with Crippen molar-refractivity contribution in [1.82, 2.24) is 0 Å². The fourth-order valence-electron chi connectivity index (χ4n) is 5.53. The molecule has 1 unspecified atom stereocenters. The molecule has 0 radical (unpaired) electrons. The molecule has 0 spiro atoms. The summed E-state index contributed by atoms with van der Waals surface area (Å²) in [7, 11) is 0. The van der Waals surface area contributed by atoms with Crippen molar-refractivity contribution in [3.63, 3.8) is 0 Å². The van der Waals surface area contributed by atoms with E-state index in [1.54, 1.807) is 0 Å². The largest absolute Gasteiger partial charge is 0.472 e. The third-order valence-electron chi connectivity index (χ3n) is 7.46. The van der Waals surface area contributed by atoms with Gasteiger partial charge in [-0.3, -0.25) is 0 Å². The Bertz CT molecular complexity index is 1720. The van der Waals surface area contributed by atoms with Crippen LogP contribution < -0.4 is 9.64 Å². The summed E-state index contributed by atoms with van der Waals surface area (Å²) in [6.45, 7) is 0. The summed E-state index contributed by atoms with van der Waals surface area (Å²) in [6, 6.07) is 53.0. The lowest BCUT2D eigenvalue weighted by Crippen LogP contribution is -2.34. The van der Waals surface area contributed by atoms with E-state index in [1.807, 2.05) is 18.2 Å². The van der Waals surface area contributed by atoms with Crippen molar-refractivity contribution in [2.45, 2.75) is 5.60 Å². The fourth-order valence-corrected chi connectivity index (χ4v) is 5.53. The van der Waals surface area contributed by atoms with Crippen LogP contribution in [0, 0.1) is 0 Å². The maximum atomic E-state index is 7.07. The Hall–Kier alpha value is -5.08. The molecule has 1 atom stereocenters. The Morgan fingerprint density at radius 2 is 1.00 bits per heavy atom. The molecule has 1 aliphatic rings. The summed E-state index contributed by atoms with van der Waals surface area (Å²) in [6.07, 6.45) is 4.40. The van der Waals surface area contributed by atoms with Crippen LogP contribution in [0.4, 0.5) is 17.1 Å². The van der Waals surface area contributed by atoms with E-state index in [2.05, 4.69) is 151 Å². The molecule has 0 bridgehead atoms. The zero-order chi connectivity index (χ0) is 26.1. The number of anilines is 3. The SMILES string of the molecule is C1=CC(c2ccccc2)(c2ccc(N(c3ccccc3)c3ccccc3)cc2)Oc2c1ccc1ccccc21. The van der Waals surface area contributed by atoms with Crippen LogP contribution in [0.25, 0.3) is 16.8 Å². The molecule has 1 aliphatic heterocycles. The average molecular weight is 502 g/mol. The molecule has 0 fully saturated rings. The molecule has 6 aromatic carbocycles. The van der Waals surface area contributed by atoms with Crippen molar-refractivity contribution in [2.75, 3.05) is 4.90 Å². The molecule has 7 rings (SSSR count). The average Bonchev–Trinajstić information content (AvgIpc) is 3.03. The maximum Gasteiger partial charge on any atom is 0.178 e. The summed E-state index contributed by atoms with van der Waals surface area (Å²) in [5, 5.41) is 2.29. The highest BCUT2D eigenvalue weighted by Crippen LogP contribution is 2.45. The molecule has 2 heteroatoms. The standard InChI is InChI=1S/C37H27NO/c1-4-13-30(14-5-1)37(27-26-29-21-20-28-12-10-11-19-35(28)36(29)39-37)31-22-24-34(25-23-31)38(32-15-6-2-7-16-32)33-17-8-3-9-18-33/h1-27H. The summed E-state index contributed by atoms with van der Waals surface area (Å²) in [5.41, 5.74) is 5.83. The van der Waals surface area contributed by atoms with E-state index in [0.717, 1.165) is 44.9 Å². The van der Waals surface area contributed by atoms with Crippen LogP contribution in [0.3, 0.4) is 0 Å². The van der Waals surface area contributed by atoms with Gasteiger partial charge in [-0.15, -0.1) is 0 Å². The van der Waals surface area contributed by atoms with Gasteiger partial charge in [-0.25, -0.2) is 0 Å². The van der Waals surface area contributed by atoms with Crippen LogP contribution in [0.1, 0.15) is 16.7 Å². The Morgan fingerprint density at radius 3 is 1.67 bits per heavy atom. The monoisotopic (exact) mass is 501 g/mol. The van der Waals surface area contributed by atoms with Crippen LogP contribution in [-0.2, 0) is 5.60 Å². The third kappa shape index (κ3) is 4.07. The summed E-state index contributed by atoms with van der Waals surface area (Å²) in [4.78, 5) is 2.28. The molecule has 0 aromatic heterocycles. The summed E-state index contributed by atoms with van der Waals surface area (Å²) < 4.78 is 7.07. The van der Waals surface area contributed by atoms with Gasteiger partial charge in [0, 0.05) is 39.1 Å². The molecule has 0 saturated carbocycles. The number of benzene rings is 6. The summed E-state index contributed by atoms with van der Waals surface area (Å²) >= 11 is 0. The van der Waals surface area contributed by atoms with Crippen molar-refractivity contribution in [3.05, 3.63) is 174 Å². The Labute approximate surface area is 229 Å². The molecule has 1 heterocycles. The topological polar surface area (TPSA) is 12.5 Å². The van der Waals surface area contributed by atoms with E-state index < -0.39 is 5.60 Å². The second-order valence-corrected chi connectivity index (χ2v) is 9.80. The lowest BCUT2D eigenvalue weighted by atomic mass is 9.83. The first kappa shape index (κ1) is 23.1. The molecule has 6 aromatic rings. The van der Waals surface area contributed by atoms with Gasteiger partial charge < -0.3 is 9.64 Å². The zero-order valence-electron chi connectivity index (χ0n) is 21.4. The molecule has 39 heavy (non-hydrogen) atoms. The zero-order valence-corrected chi connectivity index (χ0v) is 21.4. The van der Waals surface area contributed by atoms with Gasteiger partial charge in [-0.1, -0.05) is 121 Å². The van der Waals surface area contributed by atoms with Crippen molar-refractivity contribution >= 4 is 33.9 Å². The first-order valence-electron chi connectivity index (χ1n) is 13.3. The lowest BCUT2D eigenvalue weighted by molar-refractivity contribution is 0.163. The van der Waals surface area contributed by atoms with Gasteiger partial charge in [0.1, 0.15) is 5.75 Å². The van der Waals surface area contributed by atoms with Crippen LogP contribution >= 0.6 is 0 Å². The lowest BCUT2D eigenvalue weighted by Gasteiger charge is -2.37. The highest BCUT2D eigenvalue weighted by atomic mass is 16.5. The molecule has 0 amide bonds. The Balaban J connectivity index is 1.36. The van der Waals surface area contributed by atoms with Gasteiger partial charge >= 0.3 is 0 Å². The predicted molar refractivity (Wildman–Crippen MR) is 162 cm³/mol. The minimum Gasteiger partial charge on any atom is -0.472 e.